The van der Waals surface area contributed by atoms with Gasteiger partial charge in [0.05, 0.1) is 19.1 Å². The first kappa shape index (κ1) is 32.4. The van der Waals surface area contributed by atoms with Crippen molar-refractivity contribution in [3.05, 3.63) is 36.0 Å². The van der Waals surface area contributed by atoms with Crippen molar-refractivity contribution in [1.82, 2.24) is 4.90 Å². The van der Waals surface area contributed by atoms with Crippen molar-refractivity contribution in [1.29, 1.82) is 0 Å². The zero-order valence-electron chi connectivity index (χ0n) is 23.3. The SMILES string of the molecule is CCN(CC)C(=O)OCC(C)/C=C/C=C(\C)[C@H]1OC(=O)C[C@@H](O)CC[C@](C)(O)[C@@H](OC(C)=O)/C=C/[C@@H]1C. The number of aliphatic hydroxyl groups excluding tert-OH is 1. The molecule has 2 N–H and O–H groups in total. The van der Waals surface area contributed by atoms with Crippen molar-refractivity contribution >= 4 is 18.0 Å². The Labute approximate surface area is 221 Å². The maximum atomic E-state index is 12.5. The van der Waals surface area contributed by atoms with Crippen molar-refractivity contribution in [2.75, 3.05) is 19.7 Å². The zero-order chi connectivity index (χ0) is 28.2. The molecule has 1 heterocycles. The van der Waals surface area contributed by atoms with E-state index in [1.54, 1.807) is 24.0 Å². The van der Waals surface area contributed by atoms with E-state index in [2.05, 4.69) is 0 Å². The van der Waals surface area contributed by atoms with Gasteiger partial charge in [0, 0.05) is 31.8 Å². The average molecular weight is 524 g/mol. The molecule has 6 atom stereocenters. The van der Waals surface area contributed by atoms with Crippen LogP contribution >= 0.6 is 0 Å². The van der Waals surface area contributed by atoms with E-state index in [9.17, 15) is 24.6 Å². The predicted octanol–water partition coefficient (Wildman–Crippen LogP) is 3.94. The largest absolute Gasteiger partial charge is 0.457 e. The molecule has 0 aromatic rings. The monoisotopic (exact) mass is 523 g/mol. The third-order valence-electron chi connectivity index (χ3n) is 6.36. The number of carbonyl (C=O) groups is 3. The van der Waals surface area contributed by atoms with E-state index in [-0.39, 0.29) is 43.8 Å². The van der Waals surface area contributed by atoms with Crippen molar-refractivity contribution in [3.63, 3.8) is 0 Å². The number of rotatable bonds is 8. The molecule has 0 saturated heterocycles. The highest BCUT2D eigenvalue weighted by Crippen LogP contribution is 2.27. The van der Waals surface area contributed by atoms with Gasteiger partial charge in [0.15, 0.2) is 0 Å². The number of nitrogens with zero attached hydrogens (tertiary/aromatic N) is 1. The molecule has 9 heteroatoms. The highest BCUT2D eigenvalue weighted by Gasteiger charge is 2.35. The third-order valence-corrected chi connectivity index (χ3v) is 6.36. The molecule has 0 radical (unpaired) electrons. The first-order valence-electron chi connectivity index (χ1n) is 13.0. The highest BCUT2D eigenvalue weighted by atomic mass is 16.6. The van der Waals surface area contributed by atoms with Crippen LogP contribution in [-0.2, 0) is 23.8 Å². The first-order chi connectivity index (χ1) is 17.3. The minimum Gasteiger partial charge on any atom is -0.457 e. The fourth-order valence-corrected chi connectivity index (χ4v) is 3.95. The van der Waals surface area contributed by atoms with Crippen LogP contribution in [-0.4, -0.2) is 76.8 Å². The van der Waals surface area contributed by atoms with Gasteiger partial charge in [0.25, 0.3) is 0 Å². The van der Waals surface area contributed by atoms with Gasteiger partial charge in [-0.2, -0.15) is 0 Å². The number of hydrogen-bond acceptors (Lipinski definition) is 8. The Morgan fingerprint density at radius 3 is 2.51 bits per heavy atom. The quantitative estimate of drug-likeness (QED) is 0.212. The van der Waals surface area contributed by atoms with Gasteiger partial charge >= 0.3 is 18.0 Å². The van der Waals surface area contributed by atoms with Gasteiger partial charge in [-0.3, -0.25) is 9.59 Å². The van der Waals surface area contributed by atoms with Crippen molar-refractivity contribution in [3.8, 4) is 0 Å². The number of amides is 1. The van der Waals surface area contributed by atoms with Crippen LogP contribution in [0, 0.1) is 11.8 Å². The summed E-state index contributed by atoms with van der Waals surface area (Å²) in [6.45, 7) is 13.6. The van der Waals surface area contributed by atoms with Crippen LogP contribution in [0.25, 0.3) is 0 Å². The molecule has 1 amide bonds. The molecule has 0 aromatic carbocycles. The molecule has 0 fully saturated rings. The Hall–Kier alpha value is -2.65. The van der Waals surface area contributed by atoms with Crippen LogP contribution < -0.4 is 0 Å². The summed E-state index contributed by atoms with van der Waals surface area (Å²) < 4.78 is 16.4. The number of aliphatic hydroxyl groups is 2. The van der Waals surface area contributed by atoms with E-state index < -0.39 is 35.9 Å². The van der Waals surface area contributed by atoms with Gasteiger partial charge in [0.1, 0.15) is 17.8 Å². The molecule has 1 rings (SSSR count). The number of hydrogen-bond donors (Lipinski definition) is 2. The summed E-state index contributed by atoms with van der Waals surface area (Å²) in [6.07, 6.45) is 6.08. The third kappa shape index (κ3) is 11.5. The van der Waals surface area contributed by atoms with Gasteiger partial charge in [0.2, 0.25) is 0 Å². The minimum absolute atomic E-state index is 0.0263. The molecule has 0 saturated carbocycles. The summed E-state index contributed by atoms with van der Waals surface area (Å²) in [5.41, 5.74) is -0.656. The van der Waals surface area contributed by atoms with Gasteiger partial charge in [-0.25, -0.2) is 4.79 Å². The lowest BCUT2D eigenvalue weighted by Gasteiger charge is -2.32. The van der Waals surface area contributed by atoms with E-state index in [1.807, 2.05) is 52.8 Å². The Kier molecular flexibility index (Phi) is 13.6. The fourth-order valence-electron chi connectivity index (χ4n) is 3.95. The number of ether oxygens (including phenoxy) is 3. The standard InChI is InChI=1S/C28H45NO8/c1-8-29(9-2)27(33)35-18-19(3)11-10-12-20(4)26-21(5)13-14-24(36-22(6)30)28(7,34)16-15-23(31)17-25(32)37-26/h10-14,19,21,23-24,26,31,34H,8-9,15-18H2,1-7H3/b11-10+,14-13+,20-12+/t19?,21-,23-,24-,26+,28-/m0/s1. The highest BCUT2D eigenvalue weighted by molar-refractivity contribution is 5.70. The number of allylic oxidation sites excluding steroid dienone is 2. The average Bonchev–Trinajstić information content (AvgIpc) is 2.82. The van der Waals surface area contributed by atoms with E-state index >= 15 is 0 Å². The summed E-state index contributed by atoms with van der Waals surface area (Å²) in [5.74, 6) is -1.41. The Morgan fingerprint density at radius 1 is 1.27 bits per heavy atom. The van der Waals surface area contributed by atoms with Crippen LogP contribution in [0.2, 0.25) is 0 Å². The molecule has 0 spiro atoms. The smallest absolute Gasteiger partial charge is 0.409 e. The summed E-state index contributed by atoms with van der Waals surface area (Å²) in [6, 6.07) is 0. The molecule has 9 nitrogen and oxygen atoms in total. The van der Waals surface area contributed by atoms with Crippen LogP contribution in [0.4, 0.5) is 4.79 Å². The maximum absolute atomic E-state index is 12.5. The lowest BCUT2D eigenvalue weighted by molar-refractivity contribution is -0.157. The van der Waals surface area contributed by atoms with Gasteiger partial charge in [-0.1, -0.05) is 38.2 Å². The summed E-state index contributed by atoms with van der Waals surface area (Å²) >= 11 is 0. The maximum Gasteiger partial charge on any atom is 0.409 e. The number of esters is 2. The van der Waals surface area contributed by atoms with E-state index in [0.717, 1.165) is 5.57 Å². The van der Waals surface area contributed by atoms with Crippen LogP contribution in [0.1, 0.15) is 67.7 Å². The molecule has 210 valence electrons. The van der Waals surface area contributed by atoms with Crippen LogP contribution in [0.15, 0.2) is 36.0 Å². The fraction of sp³-hybridized carbons (Fsp3) is 0.679. The molecule has 0 aromatic heterocycles. The molecule has 0 bridgehead atoms. The van der Waals surface area contributed by atoms with Gasteiger partial charge in [-0.05, 0) is 52.2 Å². The Balaban J connectivity index is 3.05. The number of cyclic esters (lactones) is 1. The lowest BCUT2D eigenvalue weighted by atomic mass is 9.88. The Bertz CT molecular complexity index is 843. The second kappa shape index (κ2) is 15.6. The van der Waals surface area contributed by atoms with Crippen molar-refractivity contribution < 1.29 is 38.8 Å². The first-order valence-corrected chi connectivity index (χ1v) is 13.0. The topological polar surface area (TPSA) is 123 Å². The van der Waals surface area contributed by atoms with E-state index in [4.69, 9.17) is 14.2 Å². The van der Waals surface area contributed by atoms with Crippen molar-refractivity contribution in [2.24, 2.45) is 11.8 Å². The summed E-state index contributed by atoms with van der Waals surface area (Å²) in [5, 5.41) is 21.2. The molecule has 37 heavy (non-hydrogen) atoms. The molecule has 1 unspecified atom stereocenters. The predicted molar refractivity (Wildman–Crippen MR) is 141 cm³/mol. The normalized spacial score (nSPS) is 29.4. The summed E-state index contributed by atoms with van der Waals surface area (Å²) in [4.78, 5) is 37.8. The second-order valence-electron chi connectivity index (χ2n) is 9.96. The van der Waals surface area contributed by atoms with E-state index in [0.29, 0.717) is 13.1 Å². The number of carbonyl (C=O) groups excluding carboxylic acids is 3. The van der Waals surface area contributed by atoms with E-state index in [1.165, 1.54) is 6.92 Å². The minimum atomic E-state index is -1.42. The van der Waals surface area contributed by atoms with Crippen LogP contribution in [0.5, 0.6) is 0 Å². The van der Waals surface area contributed by atoms with Crippen LogP contribution in [0.3, 0.4) is 0 Å². The molecular formula is C28H45NO8. The van der Waals surface area contributed by atoms with Gasteiger partial charge < -0.3 is 29.3 Å². The lowest BCUT2D eigenvalue weighted by Crippen LogP contribution is -2.42. The summed E-state index contributed by atoms with van der Waals surface area (Å²) in [7, 11) is 0. The van der Waals surface area contributed by atoms with Gasteiger partial charge in [-0.15, -0.1) is 0 Å². The molecule has 0 aliphatic carbocycles. The Morgan fingerprint density at radius 2 is 1.92 bits per heavy atom. The molecular weight excluding hydrogens is 478 g/mol. The zero-order valence-corrected chi connectivity index (χ0v) is 23.3. The molecule has 1 aliphatic rings. The second-order valence-corrected chi connectivity index (χ2v) is 9.96. The van der Waals surface area contributed by atoms with Crippen molar-refractivity contribution in [2.45, 2.75) is 91.6 Å². The molecule has 1 aliphatic heterocycles.